The summed E-state index contributed by atoms with van der Waals surface area (Å²) in [5.74, 6) is -1.15. The Kier molecular flexibility index (Phi) is 4.17. The van der Waals surface area contributed by atoms with Gasteiger partial charge in [0.1, 0.15) is 6.10 Å². The molecule has 0 aromatic carbocycles. The number of amides is 1. The Hall–Kier alpha value is -0.750. The summed E-state index contributed by atoms with van der Waals surface area (Å²) in [6.07, 6.45) is 5.06. The average molecular weight is 273 g/mol. The number of carbonyl (C=O) groups excluding carboxylic acids is 1. The van der Waals surface area contributed by atoms with Crippen LogP contribution >= 0.6 is 11.8 Å². The Labute approximate surface area is 111 Å². The van der Waals surface area contributed by atoms with Crippen LogP contribution in [0.1, 0.15) is 32.1 Å². The zero-order chi connectivity index (χ0) is 13.2. The van der Waals surface area contributed by atoms with Crippen molar-refractivity contribution in [3.8, 4) is 0 Å². The highest BCUT2D eigenvalue weighted by atomic mass is 32.2. The van der Waals surface area contributed by atoms with Gasteiger partial charge in [-0.25, -0.2) is 4.79 Å². The number of carboxylic acid groups (broad SMARTS) is 1. The topological polar surface area (TPSA) is 75.6 Å². The van der Waals surface area contributed by atoms with Crippen LogP contribution in [0.4, 0.5) is 0 Å². The van der Waals surface area contributed by atoms with Crippen molar-refractivity contribution < 1.29 is 19.4 Å². The van der Waals surface area contributed by atoms with E-state index in [4.69, 9.17) is 9.84 Å². The van der Waals surface area contributed by atoms with Gasteiger partial charge in [0.15, 0.2) is 6.10 Å². The van der Waals surface area contributed by atoms with Crippen molar-refractivity contribution in [1.29, 1.82) is 0 Å². The van der Waals surface area contributed by atoms with Crippen molar-refractivity contribution in [2.45, 2.75) is 49.1 Å². The van der Waals surface area contributed by atoms with Gasteiger partial charge in [-0.1, -0.05) is 6.42 Å². The molecular formula is C12H19NO4S. The van der Waals surface area contributed by atoms with Crippen LogP contribution in [-0.4, -0.2) is 46.7 Å². The summed E-state index contributed by atoms with van der Waals surface area (Å²) in [6.45, 7) is 0.657. The lowest BCUT2D eigenvalue weighted by Gasteiger charge is -2.40. The van der Waals surface area contributed by atoms with E-state index in [-0.39, 0.29) is 10.7 Å². The molecule has 18 heavy (non-hydrogen) atoms. The number of thioether (sulfide) groups is 1. The van der Waals surface area contributed by atoms with Gasteiger partial charge in [-0.3, -0.25) is 4.79 Å². The number of hydrogen-bond acceptors (Lipinski definition) is 4. The normalized spacial score (nSPS) is 29.6. The molecule has 2 fully saturated rings. The number of carboxylic acids is 1. The number of aliphatic carboxylic acids is 1. The molecule has 1 saturated carbocycles. The van der Waals surface area contributed by atoms with Gasteiger partial charge in [-0.2, -0.15) is 11.8 Å². The third-order valence-electron chi connectivity index (χ3n) is 3.87. The molecule has 2 N–H and O–H groups in total. The predicted octanol–water partition coefficient (Wildman–Crippen LogP) is 1.02. The molecule has 6 heteroatoms. The first-order chi connectivity index (χ1) is 8.56. The molecule has 1 aliphatic heterocycles. The van der Waals surface area contributed by atoms with Gasteiger partial charge < -0.3 is 15.2 Å². The summed E-state index contributed by atoms with van der Waals surface area (Å²) in [6, 6.07) is 0. The number of hydrogen-bond donors (Lipinski definition) is 2. The molecule has 0 radical (unpaired) electrons. The fourth-order valence-electron chi connectivity index (χ4n) is 2.40. The van der Waals surface area contributed by atoms with E-state index >= 15 is 0 Å². The Balaban J connectivity index is 1.77. The molecule has 5 nitrogen and oxygen atoms in total. The lowest BCUT2D eigenvalue weighted by molar-refractivity contribution is -0.151. The first kappa shape index (κ1) is 13.7. The van der Waals surface area contributed by atoms with Crippen molar-refractivity contribution in [2.75, 3.05) is 12.8 Å². The molecule has 0 bridgehead atoms. The molecule has 2 atom stereocenters. The van der Waals surface area contributed by atoms with Gasteiger partial charge in [0.25, 0.3) is 0 Å². The van der Waals surface area contributed by atoms with E-state index in [0.29, 0.717) is 19.4 Å². The van der Waals surface area contributed by atoms with Gasteiger partial charge in [-0.15, -0.1) is 0 Å². The van der Waals surface area contributed by atoms with E-state index in [2.05, 4.69) is 11.6 Å². The minimum Gasteiger partial charge on any atom is -0.479 e. The van der Waals surface area contributed by atoms with E-state index in [1.165, 1.54) is 6.42 Å². The quantitative estimate of drug-likeness (QED) is 0.782. The van der Waals surface area contributed by atoms with Crippen molar-refractivity contribution in [2.24, 2.45) is 0 Å². The lowest BCUT2D eigenvalue weighted by Crippen LogP contribution is -2.47. The van der Waals surface area contributed by atoms with Crippen LogP contribution in [0.2, 0.25) is 0 Å². The Morgan fingerprint density at radius 1 is 1.39 bits per heavy atom. The highest BCUT2D eigenvalue weighted by molar-refractivity contribution is 8.00. The van der Waals surface area contributed by atoms with Gasteiger partial charge in [0.2, 0.25) is 5.91 Å². The number of nitrogens with one attached hydrogen (secondary N) is 1. The number of carbonyl (C=O) groups is 2. The Morgan fingerprint density at radius 3 is 2.50 bits per heavy atom. The molecule has 2 aliphatic rings. The second kappa shape index (κ2) is 5.48. The molecule has 0 aromatic rings. The average Bonchev–Trinajstić information content (AvgIpc) is 2.77. The third kappa shape index (κ3) is 2.80. The largest absolute Gasteiger partial charge is 0.479 e. The second-order valence-corrected chi connectivity index (χ2v) is 6.26. The van der Waals surface area contributed by atoms with E-state index in [9.17, 15) is 9.59 Å². The summed E-state index contributed by atoms with van der Waals surface area (Å²) in [7, 11) is 0. The van der Waals surface area contributed by atoms with Crippen LogP contribution in [0.3, 0.4) is 0 Å². The Morgan fingerprint density at radius 2 is 2.06 bits per heavy atom. The first-order valence-electron chi connectivity index (χ1n) is 6.27. The van der Waals surface area contributed by atoms with Gasteiger partial charge >= 0.3 is 5.97 Å². The maximum absolute atomic E-state index is 11.9. The minimum absolute atomic E-state index is 0.168. The predicted molar refractivity (Wildman–Crippen MR) is 68.6 cm³/mol. The van der Waals surface area contributed by atoms with Crippen LogP contribution in [0.25, 0.3) is 0 Å². The molecule has 1 heterocycles. The fourth-order valence-corrected chi connectivity index (χ4v) is 3.31. The number of ether oxygens (including phenoxy) is 1. The van der Waals surface area contributed by atoms with Gasteiger partial charge in [0.05, 0.1) is 0 Å². The highest BCUT2D eigenvalue weighted by Gasteiger charge is 2.39. The van der Waals surface area contributed by atoms with Gasteiger partial charge in [0, 0.05) is 11.3 Å². The summed E-state index contributed by atoms with van der Waals surface area (Å²) in [4.78, 5) is 22.6. The summed E-state index contributed by atoms with van der Waals surface area (Å²) in [5, 5.41) is 11.7. The summed E-state index contributed by atoms with van der Waals surface area (Å²) in [5.41, 5.74) is 0. The fraction of sp³-hybridized carbons (Fsp3) is 0.833. The van der Waals surface area contributed by atoms with E-state index in [1.54, 1.807) is 11.8 Å². The lowest BCUT2D eigenvalue weighted by atomic mass is 9.84. The molecule has 2 rings (SSSR count). The molecule has 0 spiro atoms. The monoisotopic (exact) mass is 273 g/mol. The van der Waals surface area contributed by atoms with Crippen LogP contribution in [0.5, 0.6) is 0 Å². The van der Waals surface area contributed by atoms with Crippen molar-refractivity contribution >= 4 is 23.6 Å². The third-order valence-corrected chi connectivity index (χ3v) is 5.29. The summed E-state index contributed by atoms with van der Waals surface area (Å²) >= 11 is 1.80. The zero-order valence-corrected chi connectivity index (χ0v) is 11.3. The molecule has 1 aliphatic carbocycles. The molecular weight excluding hydrogens is 254 g/mol. The highest BCUT2D eigenvalue weighted by Crippen LogP contribution is 2.42. The van der Waals surface area contributed by atoms with Gasteiger partial charge in [-0.05, 0) is 31.9 Å². The maximum Gasteiger partial charge on any atom is 0.332 e. The molecule has 1 amide bonds. The Bertz CT molecular complexity index is 337. The minimum atomic E-state index is -0.982. The van der Waals surface area contributed by atoms with Crippen molar-refractivity contribution in [1.82, 2.24) is 5.32 Å². The standard InChI is InChI=1S/C12H19NO4S/c1-18-12(5-2-6-12)7-13-10(14)8-3-4-9(17-8)11(15)16/h8-9H,2-7H2,1H3,(H,13,14)(H,15,16). The summed E-state index contributed by atoms with van der Waals surface area (Å²) < 4.78 is 5.41. The number of rotatable bonds is 5. The van der Waals surface area contributed by atoms with E-state index < -0.39 is 18.2 Å². The van der Waals surface area contributed by atoms with Crippen LogP contribution in [0, 0.1) is 0 Å². The SMILES string of the molecule is CSC1(CNC(=O)C2CCC(C(=O)O)O2)CCC1. The van der Waals surface area contributed by atoms with Crippen molar-refractivity contribution in [3.63, 3.8) is 0 Å². The second-order valence-electron chi connectivity index (χ2n) is 4.99. The molecule has 102 valence electrons. The van der Waals surface area contributed by atoms with E-state index in [0.717, 1.165) is 12.8 Å². The van der Waals surface area contributed by atoms with Crippen LogP contribution < -0.4 is 5.32 Å². The molecule has 0 aromatic heterocycles. The van der Waals surface area contributed by atoms with Crippen LogP contribution in [0.15, 0.2) is 0 Å². The molecule has 1 saturated heterocycles. The van der Waals surface area contributed by atoms with E-state index in [1.807, 2.05) is 0 Å². The van der Waals surface area contributed by atoms with Crippen molar-refractivity contribution in [3.05, 3.63) is 0 Å². The maximum atomic E-state index is 11.9. The smallest absolute Gasteiger partial charge is 0.332 e. The first-order valence-corrected chi connectivity index (χ1v) is 7.50. The van der Waals surface area contributed by atoms with Crippen LogP contribution in [-0.2, 0) is 14.3 Å². The zero-order valence-electron chi connectivity index (χ0n) is 10.5. The molecule has 2 unspecified atom stereocenters.